The van der Waals surface area contributed by atoms with E-state index < -0.39 is 0 Å². The van der Waals surface area contributed by atoms with Gasteiger partial charge in [-0.25, -0.2) is 4.68 Å². The molecule has 0 aliphatic carbocycles. The Hall–Kier alpha value is -0.800. The van der Waals surface area contributed by atoms with Gasteiger partial charge in [-0.2, -0.15) is 5.10 Å². The summed E-state index contributed by atoms with van der Waals surface area (Å²) < 4.78 is 2.69. The van der Waals surface area contributed by atoms with Crippen molar-refractivity contribution < 1.29 is 0 Å². The SMILES string of the molecule is Cc1ccc(Cl)c(-n2cc(Br)cn2)c1. The minimum atomic E-state index is 0.700. The first-order valence-electron chi connectivity index (χ1n) is 4.13. The average molecular weight is 272 g/mol. The molecule has 14 heavy (non-hydrogen) atoms. The van der Waals surface area contributed by atoms with Crippen LogP contribution in [0.25, 0.3) is 5.69 Å². The molecule has 0 spiro atoms. The van der Waals surface area contributed by atoms with Crippen molar-refractivity contribution in [3.8, 4) is 5.69 Å². The molecule has 0 saturated carbocycles. The smallest absolute Gasteiger partial charge is 0.0834 e. The molecule has 0 radical (unpaired) electrons. The number of rotatable bonds is 1. The normalized spacial score (nSPS) is 10.5. The van der Waals surface area contributed by atoms with Crippen LogP contribution in [0.1, 0.15) is 5.56 Å². The maximum atomic E-state index is 6.06. The highest BCUT2D eigenvalue weighted by Gasteiger charge is 2.03. The summed E-state index contributed by atoms with van der Waals surface area (Å²) in [6.07, 6.45) is 3.61. The van der Waals surface area contributed by atoms with Crippen molar-refractivity contribution in [3.05, 3.63) is 45.7 Å². The highest BCUT2D eigenvalue weighted by atomic mass is 79.9. The van der Waals surface area contributed by atoms with Gasteiger partial charge in [0.15, 0.2) is 0 Å². The lowest BCUT2D eigenvalue weighted by Gasteiger charge is -2.04. The molecule has 0 unspecified atom stereocenters. The number of aryl methyl sites for hydroxylation is 1. The summed E-state index contributed by atoms with van der Waals surface area (Å²) in [5, 5.41) is 4.87. The van der Waals surface area contributed by atoms with Gasteiger partial charge in [0.1, 0.15) is 0 Å². The van der Waals surface area contributed by atoms with E-state index in [1.165, 1.54) is 0 Å². The fourth-order valence-corrected chi connectivity index (χ4v) is 1.72. The van der Waals surface area contributed by atoms with Gasteiger partial charge in [0.2, 0.25) is 0 Å². The lowest BCUT2D eigenvalue weighted by atomic mass is 10.2. The van der Waals surface area contributed by atoms with Crippen LogP contribution in [-0.2, 0) is 0 Å². The molecule has 2 aromatic rings. The van der Waals surface area contributed by atoms with Crippen LogP contribution in [0.2, 0.25) is 5.02 Å². The quantitative estimate of drug-likeness (QED) is 0.775. The van der Waals surface area contributed by atoms with Gasteiger partial charge in [0.25, 0.3) is 0 Å². The summed E-state index contributed by atoms with van der Waals surface area (Å²) in [5.41, 5.74) is 2.06. The average Bonchev–Trinajstić information content (AvgIpc) is 2.56. The van der Waals surface area contributed by atoms with E-state index in [1.807, 2.05) is 31.3 Å². The van der Waals surface area contributed by atoms with Crippen molar-refractivity contribution in [1.29, 1.82) is 0 Å². The molecule has 1 aromatic heterocycles. The van der Waals surface area contributed by atoms with Crippen molar-refractivity contribution >= 4 is 27.5 Å². The predicted octanol–water partition coefficient (Wildman–Crippen LogP) is 3.60. The highest BCUT2D eigenvalue weighted by Crippen LogP contribution is 2.22. The summed E-state index contributed by atoms with van der Waals surface area (Å²) in [4.78, 5) is 0. The minimum absolute atomic E-state index is 0.700. The molecule has 1 heterocycles. The third kappa shape index (κ3) is 1.83. The summed E-state index contributed by atoms with van der Waals surface area (Å²) in [5.74, 6) is 0. The van der Waals surface area contributed by atoms with Crippen molar-refractivity contribution in [2.24, 2.45) is 0 Å². The number of halogens is 2. The standard InChI is InChI=1S/C10H8BrClN2/c1-7-2-3-9(12)10(4-7)14-6-8(11)5-13-14/h2-6H,1H3. The molecule has 2 rings (SSSR count). The molecular weight excluding hydrogens is 263 g/mol. The Bertz CT molecular complexity index is 465. The van der Waals surface area contributed by atoms with Crippen LogP contribution in [0.4, 0.5) is 0 Å². The first-order chi connectivity index (χ1) is 6.66. The van der Waals surface area contributed by atoms with E-state index in [0.717, 1.165) is 15.7 Å². The fourth-order valence-electron chi connectivity index (χ4n) is 1.23. The van der Waals surface area contributed by atoms with E-state index in [2.05, 4.69) is 21.0 Å². The highest BCUT2D eigenvalue weighted by molar-refractivity contribution is 9.10. The van der Waals surface area contributed by atoms with Gasteiger partial charge in [-0.3, -0.25) is 0 Å². The van der Waals surface area contributed by atoms with E-state index in [1.54, 1.807) is 10.9 Å². The van der Waals surface area contributed by atoms with Gasteiger partial charge >= 0.3 is 0 Å². The van der Waals surface area contributed by atoms with Crippen LogP contribution in [0, 0.1) is 6.92 Å². The summed E-state index contributed by atoms with van der Waals surface area (Å²) in [7, 11) is 0. The van der Waals surface area contributed by atoms with E-state index in [9.17, 15) is 0 Å². The lowest BCUT2D eigenvalue weighted by Crippen LogP contribution is -1.95. The largest absolute Gasteiger partial charge is 0.238 e. The molecule has 0 aliphatic rings. The second-order valence-corrected chi connectivity index (χ2v) is 4.38. The minimum Gasteiger partial charge on any atom is -0.238 e. The molecule has 1 aromatic carbocycles. The molecule has 72 valence electrons. The number of hydrogen-bond donors (Lipinski definition) is 0. The van der Waals surface area contributed by atoms with Crippen LogP contribution >= 0.6 is 27.5 Å². The van der Waals surface area contributed by atoms with Crippen molar-refractivity contribution in [2.75, 3.05) is 0 Å². The van der Waals surface area contributed by atoms with Gasteiger partial charge in [-0.05, 0) is 40.5 Å². The fraction of sp³-hybridized carbons (Fsp3) is 0.100. The molecular formula is C10H8BrClN2. The first kappa shape index (κ1) is 9.74. The van der Waals surface area contributed by atoms with Gasteiger partial charge in [-0.15, -0.1) is 0 Å². The van der Waals surface area contributed by atoms with E-state index in [-0.39, 0.29) is 0 Å². The molecule has 0 saturated heterocycles. The zero-order valence-corrected chi connectivity index (χ0v) is 9.88. The van der Waals surface area contributed by atoms with Gasteiger partial charge in [-0.1, -0.05) is 17.7 Å². The van der Waals surface area contributed by atoms with Crippen LogP contribution in [0.3, 0.4) is 0 Å². The molecule has 0 fully saturated rings. The van der Waals surface area contributed by atoms with Gasteiger partial charge < -0.3 is 0 Å². The molecule has 0 atom stereocenters. The van der Waals surface area contributed by atoms with E-state index in [0.29, 0.717) is 5.02 Å². The Morgan fingerprint density at radius 3 is 2.86 bits per heavy atom. The van der Waals surface area contributed by atoms with Crippen molar-refractivity contribution in [1.82, 2.24) is 9.78 Å². The molecule has 4 heteroatoms. The topological polar surface area (TPSA) is 17.8 Å². The molecule has 0 N–H and O–H groups in total. The van der Waals surface area contributed by atoms with E-state index in [4.69, 9.17) is 11.6 Å². The maximum Gasteiger partial charge on any atom is 0.0834 e. The van der Waals surface area contributed by atoms with Gasteiger partial charge in [0.05, 0.1) is 21.4 Å². The monoisotopic (exact) mass is 270 g/mol. The van der Waals surface area contributed by atoms with Crippen LogP contribution in [0.15, 0.2) is 35.1 Å². The third-order valence-electron chi connectivity index (χ3n) is 1.90. The molecule has 2 nitrogen and oxygen atoms in total. The zero-order chi connectivity index (χ0) is 10.1. The Morgan fingerprint density at radius 1 is 1.43 bits per heavy atom. The molecule has 0 amide bonds. The lowest BCUT2D eigenvalue weighted by molar-refractivity contribution is 0.879. The Morgan fingerprint density at radius 2 is 2.21 bits per heavy atom. The number of hydrogen-bond acceptors (Lipinski definition) is 1. The third-order valence-corrected chi connectivity index (χ3v) is 2.63. The maximum absolute atomic E-state index is 6.06. The van der Waals surface area contributed by atoms with Crippen LogP contribution in [0.5, 0.6) is 0 Å². The van der Waals surface area contributed by atoms with Crippen LogP contribution in [-0.4, -0.2) is 9.78 Å². The molecule has 0 aliphatic heterocycles. The second kappa shape index (κ2) is 3.75. The Labute approximate surface area is 95.6 Å². The van der Waals surface area contributed by atoms with E-state index >= 15 is 0 Å². The van der Waals surface area contributed by atoms with Crippen molar-refractivity contribution in [2.45, 2.75) is 6.92 Å². The number of aromatic nitrogens is 2. The molecule has 0 bridgehead atoms. The summed E-state index contributed by atoms with van der Waals surface area (Å²) in [6, 6.07) is 5.86. The van der Waals surface area contributed by atoms with Gasteiger partial charge in [0, 0.05) is 6.20 Å². The zero-order valence-electron chi connectivity index (χ0n) is 7.54. The first-order valence-corrected chi connectivity index (χ1v) is 5.30. The Kier molecular flexibility index (Phi) is 2.61. The van der Waals surface area contributed by atoms with Crippen LogP contribution < -0.4 is 0 Å². The Balaban J connectivity index is 2.55. The number of nitrogens with zero attached hydrogens (tertiary/aromatic N) is 2. The number of benzene rings is 1. The summed E-state index contributed by atoms with van der Waals surface area (Å²) in [6.45, 7) is 2.03. The van der Waals surface area contributed by atoms with Crippen molar-refractivity contribution in [3.63, 3.8) is 0 Å². The predicted molar refractivity (Wildman–Crippen MR) is 61.0 cm³/mol. The second-order valence-electron chi connectivity index (χ2n) is 3.06. The summed E-state index contributed by atoms with van der Waals surface area (Å²) >= 11 is 9.41.